The molecule has 316 valence electrons. The highest BCUT2D eigenvalue weighted by molar-refractivity contribution is 5.78. The van der Waals surface area contributed by atoms with Crippen molar-refractivity contribution >= 4 is 5.78 Å². The van der Waals surface area contributed by atoms with Crippen molar-refractivity contribution in [2.45, 2.75) is 179 Å². The summed E-state index contributed by atoms with van der Waals surface area (Å²) >= 11 is 0. The van der Waals surface area contributed by atoms with Crippen molar-refractivity contribution in [3.05, 3.63) is 118 Å². The second-order valence-corrected chi connectivity index (χ2v) is 18.1. The van der Waals surface area contributed by atoms with Crippen LogP contribution in [0.4, 0.5) is 0 Å². The van der Waals surface area contributed by atoms with Crippen LogP contribution >= 0.6 is 0 Å². The Morgan fingerprint density at radius 2 is 0.917 bits per heavy atom. The van der Waals surface area contributed by atoms with Gasteiger partial charge in [-0.25, -0.2) is 0 Å². The molecular formula is C53H68N6O. The van der Waals surface area contributed by atoms with Crippen molar-refractivity contribution in [1.82, 2.24) is 20.4 Å². The van der Waals surface area contributed by atoms with E-state index in [-0.39, 0.29) is 11.8 Å². The van der Waals surface area contributed by atoms with E-state index < -0.39 is 0 Å². The fourth-order valence-corrected chi connectivity index (χ4v) is 9.84. The number of rotatable bonds is 22. The second-order valence-electron chi connectivity index (χ2n) is 18.1. The summed E-state index contributed by atoms with van der Waals surface area (Å²) in [4.78, 5) is 12.6. The molecular weight excluding hydrogens is 737 g/mol. The lowest BCUT2D eigenvalue weighted by Gasteiger charge is -2.27. The van der Waals surface area contributed by atoms with Crippen LogP contribution in [-0.4, -0.2) is 26.2 Å². The minimum Gasteiger partial charge on any atom is -0.300 e. The summed E-state index contributed by atoms with van der Waals surface area (Å²) in [5.41, 5.74) is 8.48. The Bertz CT molecular complexity index is 1800. The van der Waals surface area contributed by atoms with Gasteiger partial charge in [-0.3, -0.25) is 4.79 Å². The average Bonchev–Trinajstić information content (AvgIpc) is 3.29. The number of aromatic nitrogens is 4. The first-order valence-corrected chi connectivity index (χ1v) is 23.6. The zero-order valence-electron chi connectivity index (χ0n) is 36.5. The number of carbonyl (C=O) groups excluding carboxylic acids is 1. The number of nitriles is 2. The summed E-state index contributed by atoms with van der Waals surface area (Å²) in [6.07, 6.45) is 23.4. The van der Waals surface area contributed by atoms with Crippen LogP contribution in [0.15, 0.2) is 72.8 Å². The molecule has 0 aliphatic heterocycles. The highest BCUT2D eigenvalue weighted by Crippen LogP contribution is 2.38. The summed E-state index contributed by atoms with van der Waals surface area (Å²) in [6.45, 7) is 4.55. The van der Waals surface area contributed by atoms with Crippen LogP contribution < -0.4 is 0 Å². The van der Waals surface area contributed by atoms with Gasteiger partial charge in [0.15, 0.2) is 0 Å². The molecule has 2 aromatic carbocycles. The molecule has 7 nitrogen and oxygen atoms in total. The summed E-state index contributed by atoms with van der Waals surface area (Å²) in [7, 11) is 0. The Balaban J connectivity index is 0.829. The van der Waals surface area contributed by atoms with Gasteiger partial charge in [-0.1, -0.05) is 88.1 Å². The normalized spacial score (nSPS) is 20.1. The molecule has 0 bridgehead atoms. The van der Waals surface area contributed by atoms with Crippen molar-refractivity contribution in [3.8, 4) is 12.1 Å². The SMILES string of the molecule is CCC[C@H]1CC[C@H](c2ccc(C(C#N)Cc3ccc(CCCCC(=O)CCCCc4ccc(CC(C#N)c5ccc([C@H]6CC[C@H](CCC)CC6)nn5)cc4)cc3)nn2)CC1. The monoisotopic (exact) mass is 805 g/mol. The van der Waals surface area contributed by atoms with Gasteiger partial charge < -0.3 is 0 Å². The number of benzene rings is 2. The predicted molar refractivity (Wildman–Crippen MR) is 240 cm³/mol. The van der Waals surface area contributed by atoms with E-state index in [1.54, 1.807) is 0 Å². The summed E-state index contributed by atoms with van der Waals surface area (Å²) in [6, 6.07) is 30.3. The van der Waals surface area contributed by atoms with Gasteiger partial charge in [-0.15, -0.1) is 0 Å². The molecule has 2 aliphatic rings. The van der Waals surface area contributed by atoms with Crippen LogP contribution in [0.3, 0.4) is 0 Å². The van der Waals surface area contributed by atoms with Gasteiger partial charge >= 0.3 is 0 Å². The molecule has 2 unspecified atom stereocenters. The molecule has 60 heavy (non-hydrogen) atoms. The van der Waals surface area contributed by atoms with E-state index in [0.29, 0.717) is 43.3 Å². The summed E-state index contributed by atoms with van der Waals surface area (Å²) < 4.78 is 0. The van der Waals surface area contributed by atoms with Crippen molar-refractivity contribution in [3.63, 3.8) is 0 Å². The van der Waals surface area contributed by atoms with Crippen LogP contribution in [0.2, 0.25) is 0 Å². The average molecular weight is 805 g/mol. The molecule has 2 aliphatic carbocycles. The van der Waals surface area contributed by atoms with Gasteiger partial charge in [-0.2, -0.15) is 30.9 Å². The Labute approximate surface area is 360 Å². The lowest BCUT2D eigenvalue weighted by Crippen LogP contribution is -2.15. The predicted octanol–water partition coefficient (Wildman–Crippen LogP) is 12.8. The standard InChI is InChI=1S/C53H68N6O/c1-3-9-39-23-27-45(28-24-39)50-31-33-52(58-56-50)47(37-54)35-43-19-15-41(16-20-43)11-5-7-13-49(60)14-8-6-12-42-17-21-44(22-18-42)36-48(38-55)53-34-32-51(57-59-53)46-29-25-40(10-4-2)26-30-46/h15-22,31-34,39-40,45-48H,3-14,23-30,35-36H2,1-2H3/t39-,40-,45-,46-,47?,48?. The molecule has 0 saturated heterocycles. The summed E-state index contributed by atoms with van der Waals surface area (Å²) in [5, 5.41) is 38.1. The van der Waals surface area contributed by atoms with Crippen molar-refractivity contribution in [2.75, 3.05) is 0 Å². The third kappa shape index (κ3) is 13.6. The maximum Gasteiger partial charge on any atom is 0.132 e. The molecule has 2 aromatic heterocycles. The van der Waals surface area contributed by atoms with Crippen LogP contribution in [0.5, 0.6) is 0 Å². The first-order valence-electron chi connectivity index (χ1n) is 23.6. The van der Waals surface area contributed by atoms with E-state index in [4.69, 9.17) is 0 Å². The fourth-order valence-electron chi connectivity index (χ4n) is 9.84. The minimum atomic E-state index is -0.313. The maximum atomic E-state index is 12.6. The molecule has 2 saturated carbocycles. The Morgan fingerprint density at radius 3 is 1.25 bits per heavy atom. The minimum absolute atomic E-state index is 0.313. The first kappa shape index (κ1) is 44.8. The first-order chi connectivity index (χ1) is 29.4. The molecule has 2 fully saturated rings. The number of carbonyl (C=O) groups is 1. The Hall–Kier alpha value is -4.75. The smallest absolute Gasteiger partial charge is 0.132 e. The van der Waals surface area contributed by atoms with E-state index in [0.717, 1.165) is 84.3 Å². The highest BCUT2D eigenvalue weighted by atomic mass is 16.1. The topological polar surface area (TPSA) is 116 Å². The third-order valence-electron chi connectivity index (χ3n) is 13.6. The van der Waals surface area contributed by atoms with E-state index >= 15 is 0 Å². The van der Waals surface area contributed by atoms with Crippen LogP contribution in [0.25, 0.3) is 0 Å². The maximum absolute atomic E-state index is 12.6. The van der Waals surface area contributed by atoms with Crippen molar-refractivity contribution < 1.29 is 4.79 Å². The second kappa shape index (κ2) is 23.9. The van der Waals surface area contributed by atoms with E-state index in [1.807, 2.05) is 12.1 Å². The number of ketones is 1. The van der Waals surface area contributed by atoms with E-state index in [9.17, 15) is 15.3 Å². The number of hydrogen-bond acceptors (Lipinski definition) is 7. The van der Waals surface area contributed by atoms with Gasteiger partial charge in [-0.05, 0) is 161 Å². The molecule has 0 N–H and O–H groups in total. The van der Waals surface area contributed by atoms with Gasteiger partial charge in [0.2, 0.25) is 0 Å². The summed E-state index contributed by atoms with van der Waals surface area (Å²) in [5.74, 6) is 2.47. The number of unbranched alkanes of at least 4 members (excludes halogenated alkanes) is 2. The Morgan fingerprint density at radius 1 is 0.533 bits per heavy atom. The van der Waals surface area contributed by atoms with Crippen molar-refractivity contribution in [2.24, 2.45) is 11.8 Å². The van der Waals surface area contributed by atoms with E-state index in [2.05, 4.69) is 107 Å². The lowest BCUT2D eigenvalue weighted by atomic mass is 9.79. The molecule has 0 spiro atoms. The van der Waals surface area contributed by atoms with E-state index in [1.165, 1.54) is 88.2 Å². The molecule has 2 atom stereocenters. The highest BCUT2D eigenvalue weighted by Gasteiger charge is 2.25. The van der Waals surface area contributed by atoms with Gasteiger partial charge in [0.05, 0.1) is 46.7 Å². The van der Waals surface area contributed by atoms with Crippen LogP contribution in [0.1, 0.15) is 198 Å². The lowest BCUT2D eigenvalue weighted by molar-refractivity contribution is -0.119. The largest absolute Gasteiger partial charge is 0.300 e. The Kier molecular flexibility index (Phi) is 17.8. The van der Waals surface area contributed by atoms with Gasteiger partial charge in [0, 0.05) is 24.7 Å². The zero-order valence-corrected chi connectivity index (χ0v) is 36.5. The molecule has 0 amide bonds. The molecule has 6 rings (SSSR count). The van der Waals surface area contributed by atoms with Crippen LogP contribution in [-0.2, 0) is 30.5 Å². The molecule has 0 radical (unpaired) electrons. The van der Waals surface area contributed by atoms with Gasteiger partial charge in [0.1, 0.15) is 5.78 Å². The molecule has 4 aromatic rings. The quantitative estimate of drug-likeness (QED) is 0.0726. The molecule has 2 heterocycles. The number of Topliss-reactive ketones (excluding diaryl/α,β-unsaturated/α-hetero) is 1. The fraction of sp³-hybridized carbons (Fsp3) is 0.566. The number of aryl methyl sites for hydroxylation is 2. The zero-order chi connectivity index (χ0) is 41.9. The number of nitrogens with zero attached hydrogens (tertiary/aromatic N) is 6. The molecule has 7 heteroatoms. The van der Waals surface area contributed by atoms with Crippen LogP contribution in [0, 0.1) is 34.5 Å². The number of hydrogen-bond donors (Lipinski definition) is 0. The third-order valence-corrected chi connectivity index (χ3v) is 13.6. The van der Waals surface area contributed by atoms with Gasteiger partial charge in [0.25, 0.3) is 0 Å². The van der Waals surface area contributed by atoms with Crippen molar-refractivity contribution in [1.29, 1.82) is 10.5 Å².